The second kappa shape index (κ2) is 8.60. The van der Waals surface area contributed by atoms with Gasteiger partial charge in [-0.1, -0.05) is 117 Å². The van der Waals surface area contributed by atoms with Crippen molar-refractivity contribution in [2.24, 2.45) is 0 Å². The summed E-state index contributed by atoms with van der Waals surface area (Å²) in [6.07, 6.45) is 0.886. The van der Waals surface area contributed by atoms with Gasteiger partial charge in [-0.05, 0) is 58.5 Å². The lowest BCUT2D eigenvalue weighted by Crippen LogP contribution is -2.16. The quantitative estimate of drug-likeness (QED) is 0.258. The zero-order valence-corrected chi connectivity index (χ0v) is 20.3. The van der Waals surface area contributed by atoms with E-state index >= 15 is 0 Å². The first kappa shape index (κ1) is 21.4. The van der Waals surface area contributed by atoms with Crippen LogP contribution in [0.15, 0.2) is 127 Å². The molecule has 0 atom stereocenters. The SMILES string of the molecule is CC1(C)c2ccccc2-c2c(N(c3ccccc3)c3ccccc3Cc3ccccc3)cccc21. The van der Waals surface area contributed by atoms with E-state index in [1.807, 2.05) is 0 Å². The molecule has 0 radical (unpaired) electrons. The van der Waals surface area contributed by atoms with E-state index in [2.05, 4.69) is 146 Å². The van der Waals surface area contributed by atoms with Crippen LogP contribution in [-0.2, 0) is 11.8 Å². The van der Waals surface area contributed by atoms with Gasteiger partial charge in [0, 0.05) is 22.4 Å². The Morgan fingerprint density at radius 2 is 1.14 bits per heavy atom. The Labute approximate surface area is 208 Å². The highest BCUT2D eigenvalue weighted by Crippen LogP contribution is 2.54. The second-order valence-corrected chi connectivity index (χ2v) is 9.83. The van der Waals surface area contributed by atoms with Crippen molar-refractivity contribution in [3.63, 3.8) is 0 Å². The molecule has 0 unspecified atom stereocenters. The number of anilines is 3. The van der Waals surface area contributed by atoms with Crippen LogP contribution in [0.5, 0.6) is 0 Å². The smallest absolute Gasteiger partial charge is 0.0543 e. The van der Waals surface area contributed by atoms with Crippen LogP contribution >= 0.6 is 0 Å². The Hall–Kier alpha value is -4.10. The van der Waals surface area contributed by atoms with Crippen molar-refractivity contribution in [2.75, 3.05) is 4.90 Å². The van der Waals surface area contributed by atoms with E-state index in [0.29, 0.717) is 0 Å². The number of hydrogen-bond acceptors (Lipinski definition) is 1. The number of hydrogen-bond donors (Lipinski definition) is 0. The molecule has 1 aliphatic carbocycles. The fraction of sp³-hybridized carbons (Fsp3) is 0.118. The van der Waals surface area contributed by atoms with Crippen molar-refractivity contribution < 1.29 is 0 Å². The molecule has 0 bridgehead atoms. The van der Waals surface area contributed by atoms with Crippen molar-refractivity contribution in [2.45, 2.75) is 25.7 Å². The van der Waals surface area contributed by atoms with Gasteiger partial charge in [-0.2, -0.15) is 0 Å². The molecule has 0 N–H and O–H groups in total. The molecule has 0 amide bonds. The zero-order valence-electron chi connectivity index (χ0n) is 20.3. The van der Waals surface area contributed by atoms with E-state index in [-0.39, 0.29) is 5.41 Å². The van der Waals surface area contributed by atoms with Gasteiger partial charge >= 0.3 is 0 Å². The topological polar surface area (TPSA) is 3.24 Å². The summed E-state index contributed by atoms with van der Waals surface area (Å²) in [6, 6.07) is 46.0. The lowest BCUT2D eigenvalue weighted by molar-refractivity contribution is 0.660. The summed E-state index contributed by atoms with van der Waals surface area (Å²) in [7, 11) is 0. The normalized spacial score (nSPS) is 13.2. The van der Waals surface area contributed by atoms with Gasteiger partial charge in [-0.3, -0.25) is 0 Å². The Morgan fingerprint density at radius 3 is 1.94 bits per heavy atom. The predicted octanol–water partition coefficient (Wildman–Crippen LogP) is 9.05. The average Bonchev–Trinajstić information content (AvgIpc) is 3.14. The number of benzene rings is 5. The van der Waals surface area contributed by atoms with Crippen molar-refractivity contribution >= 4 is 17.1 Å². The molecule has 0 aromatic heterocycles. The minimum absolute atomic E-state index is 0.0339. The molecule has 0 fully saturated rings. The third kappa shape index (κ3) is 3.65. The zero-order chi connectivity index (χ0) is 23.8. The Kier molecular flexibility index (Phi) is 5.26. The summed E-state index contributed by atoms with van der Waals surface area (Å²) in [4.78, 5) is 2.45. The monoisotopic (exact) mass is 451 g/mol. The maximum absolute atomic E-state index is 2.45. The maximum Gasteiger partial charge on any atom is 0.0543 e. The Morgan fingerprint density at radius 1 is 0.543 bits per heavy atom. The minimum atomic E-state index is -0.0339. The van der Waals surface area contributed by atoms with Crippen molar-refractivity contribution in [1.29, 1.82) is 0 Å². The van der Waals surface area contributed by atoms with E-state index < -0.39 is 0 Å². The fourth-order valence-electron chi connectivity index (χ4n) is 5.60. The van der Waals surface area contributed by atoms with Crippen LogP contribution < -0.4 is 4.90 Å². The van der Waals surface area contributed by atoms with Gasteiger partial charge in [-0.25, -0.2) is 0 Å². The molecule has 0 saturated carbocycles. The molecule has 0 saturated heterocycles. The molecule has 6 rings (SSSR count). The molecule has 0 spiro atoms. The van der Waals surface area contributed by atoms with Gasteiger partial charge in [-0.15, -0.1) is 0 Å². The van der Waals surface area contributed by atoms with Crippen LogP contribution in [0.4, 0.5) is 17.1 Å². The first-order valence-electron chi connectivity index (χ1n) is 12.3. The summed E-state index contributed by atoms with van der Waals surface area (Å²) in [5, 5.41) is 0. The largest absolute Gasteiger partial charge is 0.310 e. The number of fused-ring (bicyclic) bond motifs is 3. The molecule has 35 heavy (non-hydrogen) atoms. The summed E-state index contributed by atoms with van der Waals surface area (Å²) in [6.45, 7) is 4.69. The van der Waals surface area contributed by atoms with E-state index in [1.54, 1.807) is 0 Å². The highest BCUT2D eigenvalue weighted by atomic mass is 15.1. The summed E-state index contributed by atoms with van der Waals surface area (Å²) >= 11 is 0. The van der Waals surface area contributed by atoms with Crippen LogP contribution in [0, 0.1) is 0 Å². The highest BCUT2D eigenvalue weighted by molar-refractivity contribution is 5.95. The van der Waals surface area contributed by atoms with E-state index in [1.165, 1.54) is 50.4 Å². The Bertz CT molecular complexity index is 1480. The van der Waals surface area contributed by atoms with Gasteiger partial charge < -0.3 is 4.90 Å². The average molecular weight is 452 g/mol. The first-order chi connectivity index (χ1) is 17.1. The summed E-state index contributed by atoms with van der Waals surface area (Å²) in [5.74, 6) is 0. The fourth-order valence-corrected chi connectivity index (χ4v) is 5.60. The molecule has 170 valence electrons. The Balaban J connectivity index is 1.60. The number of para-hydroxylation sites is 2. The minimum Gasteiger partial charge on any atom is -0.310 e. The third-order valence-electron chi connectivity index (χ3n) is 7.31. The molecular formula is C34H29N. The van der Waals surface area contributed by atoms with Crippen molar-refractivity contribution in [1.82, 2.24) is 0 Å². The summed E-state index contributed by atoms with van der Waals surface area (Å²) < 4.78 is 0. The molecule has 0 heterocycles. The standard InChI is InChI=1S/C34H29N/c1-34(2)29-20-11-10-19-28(29)33-30(34)21-13-23-32(33)35(27-17-7-4-8-18-27)31-22-12-9-16-26(31)24-25-14-5-3-6-15-25/h3-23H,24H2,1-2H3. The van der Waals surface area contributed by atoms with Gasteiger partial charge in [0.2, 0.25) is 0 Å². The molecule has 5 aromatic rings. The van der Waals surface area contributed by atoms with Gasteiger partial charge in [0.25, 0.3) is 0 Å². The molecular weight excluding hydrogens is 422 g/mol. The van der Waals surface area contributed by atoms with Gasteiger partial charge in [0.05, 0.1) is 5.69 Å². The summed E-state index contributed by atoms with van der Waals surface area (Å²) in [5.41, 5.74) is 11.7. The maximum atomic E-state index is 2.45. The number of nitrogens with zero attached hydrogens (tertiary/aromatic N) is 1. The van der Waals surface area contributed by atoms with Crippen LogP contribution in [0.25, 0.3) is 11.1 Å². The highest BCUT2D eigenvalue weighted by Gasteiger charge is 2.37. The molecule has 0 aliphatic heterocycles. The number of rotatable bonds is 5. The first-order valence-corrected chi connectivity index (χ1v) is 12.3. The van der Waals surface area contributed by atoms with E-state index in [9.17, 15) is 0 Å². The van der Waals surface area contributed by atoms with Crippen molar-refractivity contribution in [3.8, 4) is 11.1 Å². The predicted molar refractivity (Wildman–Crippen MR) is 148 cm³/mol. The van der Waals surface area contributed by atoms with Gasteiger partial charge in [0.15, 0.2) is 0 Å². The van der Waals surface area contributed by atoms with E-state index in [4.69, 9.17) is 0 Å². The molecule has 1 aliphatic rings. The third-order valence-corrected chi connectivity index (χ3v) is 7.31. The lowest BCUT2D eigenvalue weighted by Gasteiger charge is -2.30. The van der Waals surface area contributed by atoms with Gasteiger partial charge in [0.1, 0.15) is 0 Å². The van der Waals surface area contributed by atoms with E-state index in [0.717, 1.165) is 6.42 Å². The van der Waals surface area contributed by atoms with Crippen molar-refractivity contribution in [3.05, 3.63) is 150 Å². The van der Waals surface area contributed by atoms with Crippen LogP contribution in [-0.4, -0.2) is 0 Å². The second-order valence-electron chi connectivity index (χ2n) is 9.83. The molecule has 1 nitrogen and oxygen atoms in total. The van der Waals surface area contributed by atoms with Crippen LogP contribution in [0.2, 0.25) is 0 Å². The van der Waals surface area contributed by atoms with Crippen LogP contribution in [0.1, 0.15) is 36.1 Å². The van der Waals surface area contributed by atoms with Crippen LogP contribution in [0.3, 0.4) is 0 Å². The molecule has 5 aromatic carbocycles. The lowest BCUT2D eigenvalue weighted by atomic mass is 9.82. The molecule has 1 heteroatoms.